The summed E-state index contributed by atoms with van der Waals surface area (Å²) < 4.78 is 0. The first-order valence-electron chi connectivity index (χ1n) is 7.16. The van der Waals surface area contributed by atoms with Gasteiger partial charge in [0.05, 0.1) is 4.92 Å². The number of nitro groups is 1. The van der Waals surface area contributed by atoms with E-state index in [2.05, 4.69) is 15.3 Å². The highest BCUT2D eigenvalue weighted by Crippen LogP contribution is 2.35. The van der Waals surface area contributed by atoms with Crippen molar-refractivity contribution in [3.05, 3.63) is 15.8 Å². The Kier molecular flexibility index (Phi) is 4.89. The maximum Gasteiger partial charge on any atom is 0.332 e. The lowest BCUT2D eigenvalue weighted by Crippen LogP contribution is -2.31. The molecular weight excluding hydrogens is 274 g/mol. The molecule has 0 spiro atoms. The largest absolute Gasteiger partial charge is 0.396 e. The van der Waals surface area contributed by atoms with Crippen molar-refractivity contribution in [1.29, 1.82) is 0 Å². The fraction of sp³-hybridized carbons (Fsp3) is 0.692. The van der Waals surface area contributed by atoms with E-state index in [4.69, 9.17) is 5.11 Å². The van der Waals surface area contributed by atoms with Crippen molar-refractivity contribution in [2.45, 2.75) is 38.6 Å². The number of nitrogens with one attached hydrogen (secondary N) is 1. The number of hydrogen-bond donors (Lipinski definition) is 2. The molecule has 0 aromatic carbocycles. The second-order valence-corrected chi connectivity index (χ2v) is 5.17. The van der Waals surface area contributed by atoms with E-state index in [9.17, 15) is 10.1 Å². The summed E-state index contributed by atoms with van der Waals surface area (Å²) >= 11 is 0. The maximum atomic E-state index is 11.4. The number of rotatable bonds is 6. The van der Waals surface area contributed by atoms with E-state index in [0.29, 0.717) is 23.9 Å². The third kappa shape index (κ3) is 3.21. The van der Waals surface area contributed by atoms with Gasteiger partial charge in [-0.25, -0.2) is 4.98 Å². The molecule has 2 heterocycles. The number of hydrogen-bond acceptors (Lipinski definition) is 7. The maximum absolute atomic E-state index is 11.4. The third-order valence-electron chi connectivity index (χ3n) is 3.79. The fourth-order valence-electron chi connectivity index (χ4n) is 2.82. The van der Waals surface area contributed by atoms with Gasteiger partial charge in [-0.2, -0.15) is 4.98 Å². The van der Waals surface area contributed by atoms with Gasteiger partial charge in [0.25, 0.3) is 0 Å². The molecule has 8 nitrogen and oxygen atoms in total. The van der Waals surface area contributed by atoms with E-state index >= 15 is 0 Å². The molecule has 2 N–H and O–H groups in total. The normalized spacial score (nSPS) is 18.0. The first kappa shape index (κ1) is 15.4. The second-order valence-electron chi connectivity index (χ2n) is 5.17. The first-order valence-corrected chi connectivity index (χ1v) is 7.16. The minimum Gasteiger partial charge on any atom is -0.396 e. The summed E-state index contributed by atoms with van der Waals surface area (Å²) in [4.78, 5) is 21.4. The van der Waals surface area contributed by atoms with Crippen molar-refractivity contribution in [1.82, 2.24) is 9.97 Å². The zero-order chi connectivity index (χ0) is 15.4. The summed E-state index contributed by atoms with van der Waals surface area (Å²) in [6.07, 6.45) is 3.45. The average molecular weight is 295 g/mol. The van der Waals surface area contributed by atoms with Gasteiger partial charge in [0.15, 0.2) is 0 Å². The molecule has 1 aliphatic rings. The Morgan fingerprint density at radius 2 is 2.29 bits per heavy atom. The SMILES string of the molecule is CNc1nc(C)c([N+](=O)[O-])c(N2CCCC2CCCO)n1. The average Bonchev–Trinajstić information content (AvgIpc) is 2.91. The molecule has 8 heteroatoms. The first-order chi connectivity index (χ1) is 10.1. The van der Waals surface area contributed by atoms with E-state index in [-0.39, 0.29) is 18.3 Å². The number of aliphatic hydroxyl groups is 1. The molecule has 1 unspecified atom stereocenters. The monoisotopic (exact) mass is 295 g/mol. The van der Waals surface area contributed by atoms with Crippen LogP contribution in [0, 0.1) is 17.0 Å². The molecule has 1 fully saturated rings. The summed E-state index contributed by atoms with van der Waals surface area (Å²) in [5.74, 6) is 0.776. The zero-order valence-corrected chi connectivity index (χ0v) is 12.4. The van der Waals surface area contributed by atoms with Crippen molar-refractivity contribution in [3.8, 4) is 0 Å². The minimum atomic E-state index is -0.411. The Hall–Kier alpha value is -1.96. The molecule has 0 amide bonds. The van der Waals surface area contributed by atoms with Crippen LogP contribution < -0.4 is 10.2 Å². The van der Waals surface area contributed by atoms with Crippen LogP contribution in [0.5, 0.6) is 0 Å². The number of aryl methyl sites for hydroxylation is 1. The van der Waals surface area contributed by atoms with Gasteiger partial charge in [-0.1, -0.05) is 0 Å². The lowest BCUT2D eigenvalue weighted by molar-refractivity contribution is -0.385. The highest BCUT2D eigenvalue weighted by molar-refractivity contribution is 5.63. The van der Waals surface area contributed by atoms with Crippen LogP contribution in [0.3, 0.4) is 0 Å². The Balaban J connectivity index is 2.40. The van der Waals surface area contributed by atoms with E-state index in [1.54, 1.807) is 14.0 Å². The third-order valence-corrected chi connectivity index (χ3v) is 3.79. The molecular formula is C13H21N5O3. The molecule has 116 valence electrons. The van der Waals surface area contributed by atoms with Crippen LogP contribution in [0.4, 0.5) is 17.5 Å². The number of aliphatic hydroxyl groups excluding tert-OH is 1. The summed E-state index contributed by atoms with van der Waals surface area (Å²) in [6.45, 7) is 2.51. The summed E-state index contributed by atoms with van der Waals surface area (Å²) in [6, 6.07) is 0.190. The van der Waals surface area contributed by atoms with Gasteiger partial charge in [-0.05, 0) is 32.6 Å². The molecule has 21 heavy (non-hydrogen) atoms. The van der Waals surface area contributed by atoms with Gasteiger partial charge in [-0.15, -0.1) is 0 Å². The number of aromatic nitrogens is 2. The quantitative estimate of drug-likeness (QED) is 0.605. The van der Waals surface area contributed by atoms with Crippen LogP contribution in [0.1, 0.15) is 31.4 Å². The lowest BCUT2D eigenvalue weighted by Gasteiger charge is -2.25. The molecule has 0 aliphatic carbocycles. The van der Waals surface area contributed by atoms with Gasteiger partial charge < -0.3 is 15.3 Å². The van der Waals surface area contributed by atoms with Crippen LogP contribution in [0.25, 0.3) is 0 Å². The summed E-state index contributed by atoms with van der Waals surface area (Å²) in [7, 11) is 1.69. The molecule has 1 aromatic heterocycles. The van der Waals surface area contributed by atoms with Crippen LogP contribution in [-0.4, -0.2) is 46.2 Å². The van der Waals surface area contributed by atoms with Crippen molar-refractivity contribution >= 4 is 17.5 Å². The minimum absolute atomic E-state index is 0.0232. The van der Waals surface area contributed by atoms with Gasteiger partial charge in [-0.3, -0.25) is 10.1 Å². The number of nitrogens with zero attached hydrogens (tertiary/aromatic N) is 4. The Bertz CT molecular complexity index is 523. The molecule has 1 saturated heterocycles. The summed E-state index contributed by atoms with van der Waals surface area (Å²) in [5, 5.41) is 23.2. The van der Waals surface area contributed by atoms with Crippen molar-refractivity contribution in [3.63, 3.8) is 0 Å². The predicted molar refractivity (Wildman–Crippen MR) is 79.7 cm³/mol. The van der Waals surface area contributed by atoms with Crippen molar-refractivity contribution in [2.75, 3.05) is 30.4 Å². The molecule has 0 bridgehead atoms. The van der Waals surface area contributed by atoms with E-state index in [0.717, 1.165) is 25.8 Å². The Labute approximate surface area is 123 Å². The Morgan fingerprint density at radius 1 is 1.52 bits per heavy atom. The molecule has 1 aromatic rings. The fourth-order valence-corrected chi connectivity index (χ4v) is 2.82. The van der Waals surface area contributed by atoms with Gasteiger partial charge in [0.1, 0.15) is 5.69 Å². The van der Waals surface area contributed by atoms with Crippen molar-refractivity contribution in [2.24, 2.45) is 0 Å². The van der Waals surface area contributed by atoms with Gasteiger partial charge in [0, 0.05) is 26.2 Å². The molecule has 2 rings (SSSR count). The van der Waals surface area contributed by atoms with Gasteiger partial charge in [0.2, 0.25) is 11.8 Å². The Morgan fingerprint density at radius 3 is 2.90 bits per heavy atom. The standard InChI is InChI=1S/C13H21N5O3/c1-9-11(18(20)21)12(16-13(14-2)15-9)17-7-3-5-10(17)6-4-8-19/h10,19H,3-8H2,1-2H3,(H,14,15,16). The zero-order valence-electron chi connectivity index (χ0n) is 12.4. The second kappa shape index (κ2) is 6.66. The predicted octanol–water partition coefficient (Wildman–Crippen LogP) is 1.48. The van der Waals surface area contributed by atoms with E-state index in [1.807, 2.05) is 4.90 Å². The summed E-state index contributed by atoms with van der Waals surface area (Å²) in [5.41, 5.74) is 0.340. The van der Waals surface area contributed by atoms with Crippen LogP contribution >= 0.6 is 0 Å². The topological polar surface area (TPSA) is 104 Å². The molecule has 0 saturated carbocycles. The van der Waals surface area contributed by atoms with Crippen molar-refractivity contribution < 1.29 is 10.0 Å². The number of anilines is 2. The van der Waals surface area contributed by atoms with Gasteiger partial charge >= 0.3 is 5.69 Å². The smallest absolute Gasteiger partial charge is 0.332 e. The molecule has 1 aliphatic heterocycles. The molecule has 0 radical (unpaired) electrons. The van der Waals surface area contributed by atoms with Crippen LogP contribution in [0.2, 0.25) is 0 Å². The van der Waals surface area contributed by atoms with E-state index in [1.165, 1.54) is 0 Å². The van der Waals surface area contributed by atoms with Crippen LogP contribution in [-0.2, 0) is 0 Å². The highest BCUT2D eigenvalue weighted by Gasteiger charge is 2.33. The molecule has 1 atom stereocenters. The van der Waals surface area contributed by atoms with Crippen LogP contribution in [0.15, 0.2) is 0 Å². The lowest BCUT2D eigenvalue weighted by atomic mass is 10.1. The van der Waals surface area contributed by atoms with E-state index < -0.39 is 4.92 Å². The highest BCUT2D eigenvalue weighted by atomic mass is 16.6.